The molecule has 1 fully saturated rings. The fourth-order valence-electron chi connectivity index (χ4n) is 2.86. The van der Waals surface area contributed by atoms with E-state index < -0.39 is 0 Å². The van der Waals surface area contributed by atoms with Crippen LogP contribution in [0.15, 0.2) is 24.3 Å². The number of aryl methyl sites for hydroxylation is 1. The first-order valence-corrected chi connectivity index (χ1v) is 7.15. The lowest BCUT2D eigenvalue weighted by Crippen LogP contribution is -2.44. The molecular formula is C16H25ClN2O. The number of rotatable bonds is 4. The van der Waals surface area contributed by atoms with Gasteiger partial charge in [0.1, 0.15) is 0 Å². The van der Waals surface area contributed by atoms with Gasteiger partial charge >= 0.3 is 0 Å². The van der Waals surface area contributed by atoms with E-state index in [2.05, 4.69) is 36.5 Å². The molecule has 0 spiro atoms. The first kappa shape index (κ1) is 17.0. The van der Waals surface area contributed by atoms with E-state index in [9.17, 15) is 4.79 Å². The highest BCUT2D eigenvalue weighted by Gasteiger charge is 2.40. The van der Waals surface area contributed by atoms with Gasteiger partial charge in [-0.1, -0.05) is 42.7 Å². The van der Waals surface area contributed by atoms with Crippen LogP contribution in [-0.4, -0.2) is 12.5 Å². The quantitative estimate of drug-likeness (QED) is 0.897. The van der Waals surface area contributed by atoms with E-state index in [4.69, 9.17) is 5.73 Å². The maximum absolute atomic E-state index is 12.5. The number of nitrogens with one attached hydrogen (secondary N) is 1. The first-order valence-electron chi connectivity index (χ1n) is 7.15. The lowest BCUT2D eigenvalue weighted by molar-refractivity contribution is -0.131. The molecule has 1 atom stereocenters. The Hall–Kier alpha value is -1.06. The van der Waals surface area contributed by atoms with Crippen molar-refractivity contribution in [2.75, 3.05) is 6.54 Å². The Balaban J connectivity index is 0.00000200. The normalized spacial score (nSPS) is 18.1. The summed E-state index contributed by atoms with van der Waals surface area (Å²) in [6.07, 6.45) is 4.08. The van der Waals surface area contributed by atoms with Crippen LogP contribution < -0.4 is 11.1 Å². The molecule has 0 aliphatic heterocycles. The Morgan fingerprint density at radius 1 is 1.30 bits per heavy atom. The topological polar surface area (TPSA) is 55.1 Å². The lowest BCUT2D eigenvalue weighted by atomic mass is 9.85. The average molecular weight is 297 g/mol. The number of carbonyl (C=O) groups excluding carboxylic acids is 1. The van der Waals surface area contributed by atoms with Gasteiger partial charge in [-0.2, -0.15) is 0 Å². The predicted octanol–water partition coefficient (Wildman–Crippen LogP) is 3.11. The lowest BCUT2D eigenvalue weighted by Gasteiger charge is -2.28. The van der Waals surface area contributed by atoms with Crippen LogP contribution in [0.4, 0.5) is 0 Å². The van der Waals surface area contributed by atoms with Gasteiger partial charge in [-0.15, -0.1) is 12.4 Å². The highest BCUT2D eigenvalue weighted by molar-refractivity contribution is 5.85. The Kier molecular flexibility index (Phi) is 6.03. The van der Waals surface area contributed by atoms with Crippen molar-refractivity contribution in [3.63, 3.8) is 0 Å². The van der Waals surface area contributed by atoms with Crippen LogP contribution in [0.5, 0.6) is 0 Å². The van der Waals surface area contributed by atoms with Gasteiger partial charge in [0.15, 0.2) is 0 Å². The van der Waals surface area contributed by atoms with Crippen LogP contribution in [0, 0.1) is 12.3 Å². The molecule has 1 aromatic carbocycles. The fourth-order valence-corrected chi connectivity index (χ4v) is 2.86. The molecule has 2 rings (SSSR count). The van der Waals surface area contributed by atoms with Crippen molar-refractivity contribution in [2.24, 2.45) is 11.1 Å². The summed E-state index contributed by atoms with van der Waals surface area (Å²) in [6.45, 7) is 4.55. The minimum atomic E-state index is -0.320. The van der Waals surface area contributed by atoms with Gasteiger partial charge in [0.2, 0.25) is 5.91 Å². The van der Waals surface area contributed by atoms with Gasteiger partial charge in [-0.3, -0.25) is 4.79 Å². The van der Waals surface area contributed by atoms with Gasteiger partial charge < -0.3 is 11.1 Å². The number of carbonyl (C=O) groups is 1. The molecule has 0 bridgehead atoms. The minimum Gasteiger partial charge on any atom is -0.349 e. The summed E-state index contributed by atoms with van der Waals surface area (Å²) in [5.74, 6) is 0.126. The maximum Gasteiger partial charge on any atom is 0.227 e. The van der Waals surface area contributed by atoms with Crippen molar-refractivity contribution in [1.82, 2.24) is 5.32 Å². The third-order valence-corrected chi connectivity index (χ3v) is 4.36. The van der Waals surface area contributed by atoms with Crippen LogP contribution in [0.2, 0.25) is 0 Å². The second kappa shape index (κ2) is 7.09. The summed E-state index contributed by atoms with van der Waals surface area (Å²) in [7, 11) is 0. The number of benzene rings is 1. The molecule has 1 saturated carbocycles. The summed E-state index contributed by atoms with van der Waals surface area (Å²) in [4.78, 5) is 12.5. The van der Waals surface area contributed by atoms with Gasteiger partial charge in [0.25, 0.3) is 0 Å². The van der Waals surface area contributed by atoms with Gasteiger partial charge in [-0.25, -0.2) is 0 Å². The summed E-state index contributed by atoms with van der Waals surface area (Å²) < 4.78 is 0. The molecular weight excluding hydrogens is 272 g/mol. The molecule has 0 aromatic heterocycles. The first-order chi connectivity index (χ1) is 9.07. The van der Waals surface area contributed by atoms with E-state index >= 15 is 0 Å². The highest BCUT2D eigenvalue weighted by Crippen LogP contribution is 2.37. The van der Waals surface area contributed by atoms with Gasteiger partial charge in [0.05, 0.1) is 11.5 Å². The van der Waals surface area contributed by atoms with E-state index in [1.54, 1.807) is 0 Å². The van der Waals surface area contributed by atoms with Crippen LogP contribution in [0.25, 0.3) is 0 Å². The summed E-state index contributed by atoms with van der Waals surface area (Å²) >= 11 is 0. The molecule has 20 heavy (non-hydrogen) atoms. The molecule has 1 aliphatic carbocycles. The molecule has 1 aliphatic rings. The smallest absolute Gasteiger partial charge is 0.227 e. The van der Waals surface area contributed by atoms with Gasteiger partial charge in [0, 0.05) is 6.54 Å². The second-order valence-electron chi connectivity index (χ2n) is 5.80. The number of hydrogen-bond acceptors (Lipinski definition) is 2. The molecule has 1 unspecified atom stereocenters. The molecule has 3 nitrogen and oxygen atoms in total. The van der Waals surface area contributed by atoms with Crippen molar-refractivity contribution in [1.29, 1.82) is 0 Å². The zero-order valence-electron chi connectivity index (χ0n) is 12.3. The third-order valence-electron chi connectivity index (χ3n) is 4.36. The van der Waals surface area contributed by atoms with Crippen LogP contribution in [-0.2, 0) is 4.79 Å². The number of nitrogens with two attached hydrogens (primary N) is 1. The monoisotopic (exact) mass is 296 g/mol. The number of amides is 1. The molecule has 0 saturated heterocycles. The highest BCUT2D eigenvalue weighted by atomic mass is 35.5. The van der Waals surface area contributed by atoms with E-state index in [0.717, 1.165) is 31.2 Å². The SMILES string of the molecule is Cc1ccc(C(C)NC(=O)C2(CN)CCCC2)cc1.Cl. The largest absolute Gasteiger partial charge is 0.349 e. The van der Waals surface area contributed by atoms with E-state index in [0.29, 0.717) is 6.54 Å². The molecule has 3 N–H and O–H groups in total. The van der Waals surface area contributed by atoms with E-state index in [1.807, 2.05) is 6.92 Å². The Labute approximate surface area is 127 Å². The van der Waals surface area contributed by atoms with Crippen molar-refractivity contribution in [3.8, 4) is 0 Å². The minimum absolute atomic E-state index is 0. The Morgan fingerprint density at radius 3 is 2.35 bits per heavy atom. The van der Waals surface area contributed by atoms with Crippen molar-refractivity contribution >= 4 is 18.3 Å². The molecule has 0 heterocycles. The second-order valence-corrected chi connectivity index (χ2v) is 5.80. The fraction of sp³-hybridized carbons (Fsp3) is 0.562. The van der Waals surface area contributed by atoms with E-state index in [-0.39, 0.29) is 29.8 Å². The zero-order chi connectivity index (χ0) is 13.9. The zero-order valence-corrected chi connectivity index (χ0v) is 13.1. The molecule has 0 radical (unpaired) electrons. The molecule has 112 valence electrons. The Morgan fingerprint density at radius 2 is 1.85 bits per heavy atom. The third kappa shape index (κ3) is 3.53. The molecule has 1 amide bonds. The molecule has 1 aromatic rings. The summed E-state index contributed by atoms with van der Waals surface area (Å²) in [5, 5.41) is 3.13. The van der Waals surface area contributed by atoms with Crippen LogP contribution in [0.1, 0.15) is 49.8 Å². The summed E-state index contributed by atoms with van der Waals surface area (Å²) in [5.41, 5.74) is 7.90. The summed E-state index contributed by atoms with van der Waals surface area (Å²) in [6, 6.07) is 8.34. The van der Waals surface area contributed by atoms with E-state index in [1.165, 1.54) is 5.56 Å². The van der Waals surface area contributed by atoms with Gasteiger partial charge in [-0.05, 0) is 32.3 Å². The number of halogens is 1. The maximum atomic E-state index is 12.5. The van der Waals surface area contributed by atoms with Crippen molar-refractivity contribution < 1.29 is 4.79 Å². The predicted molar refractivity (Wildman–Crippen MR) is 84.9 cm³/mol. The molecule has 4 heteroatoms. The van der Waals surface area contributed by atoms with Crippen molar-refractivity contribution in [2.45, 2.75) is 45.6 Å². The number of hydrogen-bond donors (Lipinski definition) is 2. The van der Waals surface area contributed by atoms with Crippen LogP contribution >= 0.6 is 12.4 Å². The van der Waals surface area contributed by atoms with Crippen LogP contribution in [0.3, 0.4) is 0 Å². The van der Waals surface area contributed by atoms with Crippen molar-refractivity contribution in [3.05, 3.63) is 35.4 Å². The Bertz CT molecular complexity index is 438. The standard InChI is InChI=1S/C16H24N2O.ClH/c1-12-5-7-14(8-6-12)13(2)18-15(19)16(11-17)9-3-4-10-16;/h5-8,13H,3-4,9-11,17H2,1-2H3,(H,18,19);1H. The average Bonchev–Trinajstić information content (AvgIpc) is 2.89.